The van der Waals surface area contributed by atoms with Crippen molar-refractivity contribution in [3.05, 3.63) is 40.6 Å². The van der Waals surface area contributed by atoms with Gasteiger partial charge in [0.15, 0.2) is 0 Å². The van der Waals surface area contributed by atoms with Gasteiger partial charge in [0, 0.05) is 10.6 Å². The molecule has 1 aromatic carbocycles. The maximum absolute atomic E-state index is 11.5. The smallest absolute Gasteiger partial charge is 0.382 e. The van der Waals surface area contributed by atoms with E-state index in [1.54, 1.807) is 24.3 Å². The SMILES string of the molecule is COC1=C(c2ccccc2Cl)C(=O)OC1=O. The van der Waals surface area contributed by atoms with Crippen LogP contribution in [0.1, 0.15) is 5.56 Å². The van der Waals surface area contributed by atoms with Gasteiger partial charge < -0.3 is 9.47 Å². The summed E-state index contributed by atoms with van der Waals surface area (Å²) in [7, 11) is 1.30. The van der Waals surface area contributed by atoms with Gasteiger partial charge in [0.05, 0.1) is 7.11 Å². The maximum Gasteiger partial charge on any atom is 0.382 e. The first-order valence-electron chi connectivity index (χ1n) is 4.45. The number of esters is 2. The van der Waals surface area contributed by atoms with Crippen LogP contribution < -0.4 is 0 Å². The van der Waals surface area contributed by atoms with Gasteiger partial charge in [0.2, 0.25) is 5.76 Å². The van der Waals surface area contributed by atoms with Crippen LogP contribution in [0.2, 0.25) is 5.02 Å². The van der Waals surface area contributed by atoms with E-state index in [1.807, 2.05) is 0 Å². The summed E-state index contributed by atoms with van der Waals surface area (Å²) >= 11 is 5.93. The Morgan fingerprint density at radius 3 is 2.50 bits per heavy atom. The van der Waals surface area contributed by atoms with Crippen molar-refractivity contribution in [2.45, 2.75) is 0 Å². The van der Waals surface area contributed by atoms with Crippen molar-refractivity contribution in [1.82, 2.24) is 0 Å². The lowest BCUT2D eigenvalue weighted by atomic mass is 10.1. The van der Waals surface area contributed by atoms with Crippen LogP contribution in [0.25, 0.3) is 5.57 Å². The number of hydrogen-bond donors (Lipinski definition) is 0. The molecule has 0 spiro atoms. The second kappa shape index (κ2) is 3.98. The molecule has 0 unspecified atom stereocenters. The highest BCUT2D eigenvalue weighted by Gasteiger charge is 2.36. The van der Waals surface area contributed by atoms with E-state index < -0.39 is 11.9 Å². The Morgan fingerprint density at radius 1 is 1.19 bits per heavy atom. The monoisotopic (exact) mass is 238 g/mol. The van der Waals surface area contributed by atoms with Gasteiger partial charge in [-0.25, -0.2) is 9.59 Å². The zero-order valence-corrected chi connectivity index (χ0v) is 9.08. The van der Waals surface area contributed by atoms with Gasteiger partial charge >= 0.3 is 11.9 Å². The van der Waals surface area contributed by atoms with Crippen LogP contribution in [0, 0.1) is 0 Å². The third-order valence-corrected chi connectivity index (χ3v) is 2.48. The molecular weight excluding hydrogens is 232 g/mol. The van der Waals surface area contributed by atoms with E-state index in [9.17, 15) is 9.59 Å². The van der Waals surface area contributed by atoms with E-state index in [0.29, 0.717) is 10.6 Å². The first-order valence-corrected chi connectivity index (χ1v) is 4.82. The van der Waals surface area contributed by atoms with Crippen LogP contribution in [0.4, 0.5) is 0 Å². The van der Waals surface area contributed by atoms with Crippen molar-refractivity contribution in [3.8, 4) is 0 Å². The van der Waals surface area contributed by atoms with Gasteiger partial charge in [-0.1, -0.05) is 29.8 Å². The van der Waals surface area contributed by atoms with E-state index >= 15 is 0 Å². The van der Waals surface area contributed by atoms with Gasteiger partial charge in [-0.3, -0.25) is 0 Å². The normalized spacial score (nSPS) is 15.4. The minimum atomic E-state index is -0.789. The van der Waals surface area contributed by atoms with Crippen molar-refractivity contribution >= 4 is 29.1 Å². The summed E-state index contributed by atoms with van der Waals surface area (Å²) in [5, 5.41) is 0.360. The molecule has 5 heteroatoms. The number of cyclic esters (lactones) is 2. The lowest BCUT2D eigenvalue weighted by molar-refractivity contribution is -0.151. The highest BCUT2D eigenvalue weighted by Crippen LogP contribution is 2.31. The Bertz CT molecular complexity index is 504. The zero-order valence-electron chi connectivity index (χ0n) is 8.32. The van der Waals surface area contributed by atoms with Crippen LogP contribution in [0.5, 0.6) is 0 Å². The molecule has 0 fully saturated rings. The van der Waals surface area contributed by atoms with E-state index in [2.05, 4.69) is 4.74 Å². The number of carbonyl (C=O) groups is 2. The van der Waals surface area contributed by atoms with Crippen molar-refractivity contribution in [3.63, 3.8) is 0 Å². The molecule has 0 aliphatic carbocycles. The Kier molecular flexibility index (Phi) is 2.66. The molecule has 0 saturated carbocycles. The molecule has 2 rings (SSSR count). The number of carbonyl (C=O) groups excluding carboxylic acids is 2. The second-order valence-corrected chi connectivity index (χ2v) is 3.47. The molecule has 0 bridgehead atoms. The van der Waals surface area contributed by atoms with Crippen LogP contribution in [-0.2, 0) is 19.1 Å². The first kappa shape index (κ1) is 10.7. The molecule has 82 valence electrons. The number of benzene rings is 1. The number of methoxy groups -OCH3 is 1. The first-order chi connectivity index (χ1) is 7.65. The topological polar surface area (TPSA) is 52.6 Å². The lowest BCUT2D eigenvalue weighted by Gasteiger charge is -2.03. The molecule has 1 heterocycles. The highest BCUT2D eigenvalue weighted by molar-refractivity contribution is 6.37. The van der Waals surface area contributed by atoms with Gasteiger partial charge in [0.1, 0.15) is 5.57 Å². The fourth-order valence-corrected chi connectivity index (χ4v) is 1.69. The van der Waals surface area contributed by atoms with Crippen molar-refractivity contribution in [1.29, 1.82) is 0 Å². The minimum absolute atomic E-state index is 0.0677. The van der Waals surface area contributed by atoms with E-state index in [1.165, 1.54) is 7.11 Å². The van der Waals surface area contributed by atoms with Crippen molar-refractivity contribution < 1.29 is 19.1 Å². The lowest BCUT2D eigenvalue weighted by Crippen LogP contribution is -2.02. The summed E-state index contributed by atoms with van der Waals surface area (Å²) in [6.45, 7) is 0. The number of ether oxygens (including phenoxy) is 2. The van der Waals surface area contributed by atoms with E-state index in [-0.39, 0.29) is 11.3 Å². The Morgan fingerprint density at radius 2 is 1.88 bits per heavy atom. The molecular formula is C11H7ClO4. The number of rotatable bonds is 2. The van der Waals surface area contributed by atoms with Crippen LogP contribution >= 0.6 is 11.6 Å². The Hall–Kier alpha value is -1.81. The number of halogens is 1. The van der Waals surface area contributed by atoms with Crippen LogP contribution in [0.15, 0.2) is 30.0 Å². The zero-order chi connectivity index (χ0) is 11.7. The van der Waals surface area contributed by atoms with Crippen LogP contribution in [-0.4, -0.2) is 19.0 Å². The average Bonchev–Trinajstić information content (AvgIpc) is 2.54. The fourth-order valence-electron chi connectivity index (χ4n) is 1.46. The summed E-state index contributed by atoms with van der Waals surface area (Å²) in [5.41, 5.74) is 0.495. The van der Waals surface area contributed by atoms with E-state index in [0.717, 1.165) is 0 Å². The van der Waals surface area contributed by atoms with Crippen molar-refractivity contribution in [2.24, 2.45) is 0 Å². The quantitative estimate of drug-likeness (QED) is 0.582. The van der Waals surface area contributed by atoms with Gasteiger partial charge in [-0.15, -0.1) is 0 Å². The number of hydrogen-bond acceptors (Lipinski definition) is 4. The second-order valence-electron chi connectivity index (χ2n) is 3.07. The molecule has 0 saturated heterocycles. The maximum atomic E-state index is 11.5. The van der Waals surface area contributed by atoms with Gasteiger partial charge in [-0.2, -0.15) is 0 Å². The van der Waals surface area contributed by atoms with Gasteiger partial charge in [0.25, 0.3) is 0 Å². The molecule has 0 atom stereocenters. The summed E-state index contributed by atoms with van der Waals surface area (Å²) in [4.78, 5) is 22.7. The molecule has 1 aliphatic heterocycles. The van der Waals surface area contributed by atoms with Crippen molar-refractivity contribution in [2.75, 3.05) is 7.11 Å². The summed E-state index contributed by atoms with van der Waals surface area (Å²) in [6, 6.07) is 6.67. The minimum Gasteiger partial charge on any atom is -0.489 e. The van der Waals surface area contributed by atoms with Gasteiger partial charge in [-0.05, 0) is 6.07 Å². The Balaban J connectivity index is 2.62. The molecule has 1 aliphatic rings. The standard InChI is InChI=1S/C11H7ClO4/c1-15-9-8(10(13)16-11(9)14)6-4-2-3-5-7(6)12/h2-5H,1H3. The Labute approximate surface area is 96.4 Å². The molecule has 0 radical (unpaired) electrons. The van der Waals surface area contributed by atoms with Crippen LogP contribution in [0.3, 0.4) is 0 Å². The average molecular weight is 239 g/mol. The molecule has 0 N–H and O–H groups in total. The molecule has 0 amide bonds. The summed E-state index contributed by atoms with van der Waals surface area (Å²) in [5.74, 6) is -1.64. The summed E-state index contributed by atoms with van der Waals surface area (Å²) in [6.07, 6.45) is 0. The fraction of sp³-hybridized carbons (Fsp3) is 0.0909. The largest absolute Gasteiger partial charge is 0.489 e. The summed E-state index contributed by atoms with van der Waals surface area (Å²) < 4.78 is 9.29. The predicted molar refractivity (Wildman–Crippen MR) is 56.5 cm³/mol. The highest BCUT2D eigenvalue weighted by atomic mass is 35.5. The third-order valence-electron chi connectivity index (χ3n) is 2.15. The molecule has 0 aromatic heterocycles. The molecule has 16 heavy (non-hydrogen) atoms. The molecule has 1 aromatic rings. The third kappa shape index (κ3) is 1.57. The van der Waals surface area contributed by atoms with E-state index in [4.69, 9.17) is 16.3 Å². The predicted octanol–water partition coefficient (Wildman–Crippen LogP) is 1.78. The molecule has 4 nitrogen and oxygen atoms in total.